The number of nitrogens with one attached hydrogen (secondary N) is 1. The zero-order valence-corrected chi connectivity index (χ0v) is 14.2. The van der Waals surface area contributed by atoms with Gasteiger partial charge >= 0.3 is 0 Å². The van der Waals surface area contributed by atoms with Crippen LogP contribution >= 0.6 is 0 Å². The number of benzene rings is 2. The van der Waals surface area contributed by atoms with Crippen molar-refractivity contribution in [2.24, 2.45) is 0 Å². The Hall–Kier alpha value is -2.46. The molecule has 128 valence electrons. The molecule has 0 spiro atoms. The molecule has 25 heavy (non-hydrogen) atoms. The summed E-state index contributed by atoms with van der Waals surface area (Å²) in [4.78, 5) is 19.9. The minimum atomic E-state index is -0.161. The van der Waals surface area contributed by atoms with E-state index in [4.69, 9.17) is 0 Å². The number of fused-ring (bicyclic) bond motifs is 1. The van der Waals surface area contributed by atoms with E-state index in [9.17, 15) is 9.90 Å². The number of rotatable bonds is 3. The maximum absolute atomic E-state index is 12.3. The molecule has 0 unspecified atom stereocenters. The molecule has 1 aliphatic rings. The quantitative estimate of drug-likeness (QED) is 0.766. The molecule has 4 heteroatoms. The van der Waals surface area contributed by atoms with Gasteiger partial charge in [0, 0.05) is 11.0 Å². The Morgan fingerprint density at radius 1 is 1.04 bits per heavy atom. The van der Waals surface area contributed by atoms with Gasteiger partial charge in [0.2, 0.25) is 0 Å². The fraction of sp³-hybridized carbons (Fsp3) is 0.333. The first-order valence-corrected chi connectivity index (χ1v) is 8.93. The number of para-hydroxylation sites is 1. The molecule has 1 fully saturated rings. The monoisotopic (exact) mass is 334 g/mol. The third kappa shape index (κ3) is 2.87. The van der Waals surface area contributed by atoms with Crippen LogP contribution in [0, 0.1) is 0 Å². The summed E-state index contributed by atoms with van der Waals surface area (Å²) in [6, 6.07) is 15.5. The Kier molecular flexibility index (Phi) is 4.14. The number of hydrogen-bond acceptors (Lipinski definition) is 3. The molecule has 1 heterocycles. The molecule has 4 rings (SSSR count). The highest BCUT2D eigenvalue weighted by molar-refractivity contribution is 5.79. The number of hydrogen-bond donors (Lipinski definition) is 2. The van der Waals surface area contributed by atoms with E-state index in [2.05, 4.69) is 22.1 Å². The van der Waals surface area contributed by atoms with Gasteiger partial charge in [-0.15, -0.1) is 0 Å². The van der Waals surface area contributed by atoms with Gasteiger partial charge < -0.3 is 10.1 Å². The van der Waals surface area contributed by atoms with Crippen LogP contribution < -0.4 is 5.56 Å². The average molecular weight is 334 g/mol. The van der Waals surface area contributed by atoms with Crippen molar-refractivity contribution in [3.05, 3.63) is 64.4 Å². The number of aromatic nitrogens is 2. The normalized spacial score (nSPS) is 16.8. The Morgan fingerprint density at radius 2 is 1.84 bits per heavy atom. The Balaban J connectivity index is 1.81. The first kappa shape index (κ1) is 16.0. The highest BCUT2D eigenvalue weighted by Crippen LogP contribution is 2.39. The molecule has 4 nitrogen and oxygen atoms in total. The van der Waals surface area contributed by atoms with E-state index < -0.39 is 0 Å². The summed E-state index contributed by atoms with van der Waals surface area (Å²) in [5.41, 5.74) is 2.44. The van der Waals surface area contributed by atoms with Crippen molar-refractivity contribution in [3.8, 4) is 11.4 Å². The highest BCUT2D eigenvalue weighted by atomic mass is 16.3. The van der Waals surface area contributed by atoms with E-state index in [-0.39, 0.29) is 17.6 Å². The van der Waals surface area contributed by atoms with E-state index in [1.165, 1.54) is 6.42 Å². The molecule has 1 aromatic heterocycles. The second-order valence-corrected chi connectivity index (χ2v) is 7.01. The Labute approximate surface area is 146 Å². The number of aromatic amines is 1. The lowest BCUT2D eigenvalue weighted by atomic mass is 9.70. The van der Waals surface area contributed by atoms with Crippen LogP contribution in [-0.2, 0) is 5.41 Å². The maximum Gasteiger partial charge on any atom is 0.259 e. The maximum atomic E-state index is 12.3. The van der Waals surface area contributed by atoms with Gasteiger partial charge in [0.05, 0.1) is 17.5 Å². The Bertz CT molecular complexity index is 955. The predicted octanol–water partition coefficient (Wildman–Crippen LogP) is 3.78. The molecule has 3 aromatic rings. The summed E-state index contributed by atoms with van der Waals surface area (Å²) in [5.74, 6) is 0.578. The van der Waals surface area contributed by atoms with Crippen LogP contribution in [0.15, 0.2) is 53.3 Å². The minimum absolute atomic E-state index is 0.124. The van der Waals surface area contributed by atoms with Gasteiger partial charge in [-0.25, -0.2) is 4.98 Å². The number of nitrogens with zero attached hydrogens (tertiary/aromatic N) is 1. The molecule has 0 atom stereocenters. The zero-order valence-electron chi connectivity index (χ0n) is 14.2. The largest absolute Gasteiger partial charge is 0.395 e. The summed E-state index contributed by atoms with van der Waals surface area (Å²) in [6.07, 6.45) is 5.55. The molecular formula is C21H22N2O2. The first-order chi connectivity index (χ1) is 12.2. The van der Waals surface area contributed by atoms with E-state index in [1.807, 2.05) is 30.3 Å². The lowest BCUT2D eigenvalue weighted by molar-refractivity contribution is 0.152. The SMILES string of the molecule is O=c1[nH]c(-c2cccc(C3(CO)CCCCC3)c2)nc2ccccc12. The van der Waals surface area contributed by atoms with E-state index >= 15 is 0 Å². The molecule has 2 aromatic carbocycles. The van der Waals surface area contributed by atoms with Gasteiger partial charge in [-0.05, 0) is 36.6 Å². The van der Waals surface area contributed by atoms with Crippen LogP contribution in [-0.4, -0.2) is 21.7 Å². The standard InChI is InChI=1S/C21H22N2O2/c24-14-21(11-4-1-5-12-21)16-8-6-7-15(13-16)19-22-18-10-3-2-9-17(18)20(25)23-19/h2-3,6-10,13,24H,1,4-5,11-12,14H2,(H,22,23,25). The van der Waals surface area contributed by atoms with Crippen LogP contribution in [0.2, 0.25) is 0 Å². The van der Waals surface area contributed by atoms with Crippen molar-refractivity contribution in [1.29, 1.82) is 0 Å². The molecule has 0 bridgehead atoms. The number of H-pyrrole nitrogens is 1. The van der Waals surface area contributed by atoms with Gasteiger partial charge in [-0.2, -0.15) is 0 Å². The Morgan fingerprint density at radius 3 is 2.64 bits per heavy atom. The van der Waals surface area contributed by atoms with Gasteiger partial charge in [-0.3, -0.25) is 4.79 Å². The van der Waals surface area contributed by atoms with Crippen LogP contribution in [0.5, 0.6) is 0 Å². The minimum Gasteiger partial charge on any atom is -0.395 e. The average Bonchev–Trinajstić information content (AvgIpc) is 2.68. The fourth-order valence-corrected chi connectivity index (χ4v) is 3.99. The van der Waals surface area contributed by atoms with Gasteiger partial charge in [-0.1, -0.05) is 49.6 Å². The third-order valence-corrected chi connectivity index (χ3v) is 5.47. The van der Waals surface area contributed by atoms with Crippen LogP contribution in [0.4, 0.5) is 0 Å². The second-order valence-electron chi connectivity index (χ2n) is 7.01. The third-order valence-electron chi connectivity index (χ3n) is 5.47. The number of aliphatic hydroxyl groups excluding tert-OH is 1. The van der Waals surface area contributed by atoms with E-state index in [0.717, 1.165) is 36.8 Å². The highest BCUT2D eigenvalue weighted by Gasteiger charge is 2.33. The molecule has 0 radical (unpaired) electrons. The van der Waals surface area contributed by atoms with Crippen molar-refractivity contribution >= 4 is 10.9 Å². The summed E-state index contributed by atoms with van der Waals surface area (Å²) in [6.45, 7) is 0.165. The second kappa shape index (κ2) is 6.45. The topological polar surface area (TPSA) is 66.0 Å². The van der Waals surface area contributed by atoms with E-state index in [0.29, 0.717) is 16.7 Å². The van der Waals surface area contributed by atoms with Gasteiger partial charge in [0.1, 0.15) is 5.82 Å². The lowest BCUT2D eigenvalue weighted by Gasteiger charge is -2.36. The van der Waals surface area contributed by atoms with Crippen molar-refractivity contribution in [2.45, 2.75) is 37.5 Å². The predicted molar refractivity (Wildman–Crippen MR) is 99.6 cm³/mol. The molecule has 1 saturated carbocycles. The van der Waals surface area contributed by atoms with Crippen molar-refractivity contribution in [2.75, 3.05) is 6.61 Å². The zero-order chi connectivity index (χ0) is 17.3. The van der Waals surface area contributed by atoms with Gasteiger partial charge in [0.15, 0.2) is 0 Å². The summed E-state index contributed by atoms with van der Waals surface area (Å²) in [5, 5.41) is 10.7. The molecule has 0 saturated heterocycles. The molecule has 1 aliphatic carbocycles. The van der Waals surface area contributed by atoms with Crippen molar-refractivity contribution in [3.63, 3.8) is 0 Å². The van der Waals surface area contributed by atoms with Crippen LogP contribution in [0.1, 0.15) is 37.7 Å². The van der Waals surface area contributed by atoms with E-state index in [1.54, 1.807) is 6.07 Å². The van der Waals surface area contributed by atoms with Crippen molar-refractivity contribution < 1.29 is 5.11 Å². The first-order valence-electron chi connectivity index (χ1n) is 8.93. The molecule has 0 aliphatic heterocycles. The molecule has 2 N–H and O–H groups in total. The summed E-state index contributed by atoms with van der Waals surface area (Å²) in [7, 11) is 0. The molecule has 0 amide bonds. The lowest BCUT2D eigenvalue weighted by Crippen LogP contribution is -2.33. The molecular weight excluding hydrogens is 312 g/mol. The smallest absolute Gasteiger partial charge is 0.259 e. The van der Waals surface area contributed by atoms with Crippen molar-refractivity contribution in [1.82, 2.24) is 9.97 Å². The fourth-order valence-electron chi connectivity index (χ4n) is 3.99. The summed E-state index contributed by atoms with van der Waals surface area (Å²) < 4.78 is 0. The summed E-state index contributed by atoms with van der Waals surface area (Å²) >= 11 is 0. The van der Waals surface area contributed by atoms with Crippen LogP contribution in [0.25, 0.3) is 22.3 Å². The van der Waals surface area contributed by atoms with Gasteiger partial charge in [0.25, 0.3) is 5.56 Å². The van der Waals surface area contributed by atoms with Crippen LogP contribution in [0.3, 0.4) is 0 Å². The number of aliphatic hydroxyl groups is 1.